The summed E-state index contributed by atoms with van der Waals surface area (Å²) in [6.45, 7) is 7.21. The highest BCUT2D eigenvalue weighted by Crippen LogP contribution is 2.21. The van der Waals surface area contributed by atoms with Crippen LogP contribution in [0.3, 0.4) is 0 Å². The molecular formula is C12H22N4O. The molecule has 1 saturated heterocycles. The highest BCUT2D eigenvalue weighted by atomic mass is 16.5. The molecule has 0 spiro atoms. The van der Waals surface area contributed by atoms with Crippen LogP contribution in [-0.2, 0) is 13.0 Å². The SMILES string of the molecule is CC(C)N1CCCC(Cc2nc(CN)no2)C1. The van der Waals surface area contributed by atoms with Crippen molar-refractivity contribution in [1.29, 1.82) is 0 Å². The van der Waals surface area contributed by atoms with Gasteiger partial charge >= 0.3 is 0 Å². The first-order chi connectivity index (χ1) is 8.19. The van der Waals surface area contributed by atoms with E-state index in [1.165, 1.54) is 19.4 Å². The Bertz CT molecular complexity index is 350. The van der Waals surface area contributed by atoms with Crippen LogP contribution in [0, 0.1) is 5.92 Å². The first-order valence-electron chi connectivity index (χ1n) is 6.44. The molecule has 1 aromatic rings. The minimum atomic E-state index is 0.353. The second kappa shape index (κ2) is 5.60. The van der Waals surface area contributed by atoms with Crippen molar-refractivity contribution in [2.24, 2.45) is 11.7 Å². The fourth-order valence-corrected chi connectivity index (χ4v) is 2.44. The molecule has 0 bridgehead atoms. The van der Waals surface area contributed by atoms with Crippen molar-refractivity contribution in [3.63, 3.8) is 0 Å². The average Bonchev–Trinajstić information content (AvgIpc) is 2.77. The summed E-state index contributed by atoms with van der Waals surface area (Å²) in [6, 6.07) is 0.625. The number of piperidine rings is 1. The van der Waals surface area contributed by atoms with Gasteiger partial charge in [0.1, 0.15) is 0 Å². The summed E-state index contributed by atoms with van der Waals surface area (Å²) in [4.78, 5) is 6.79. The van der Waals surface area contributed by atoms with E-state index in [4.69, 9.17) is 10.3 Å². The number of nitrogens with zero attached hydrogens (tertiary/aromatic N) is 3. The molecule has 0 amide bonds. The zero-order valence-corrected chi connectivity index (χ0v) is 10.7. The van der Waals surface area contributed by atoms with Gasteiger partial charge in [0.15, 0.2) is 5.82 Å². The fraction of sp³-hybridized carbons (Fsp3) is 0.833. The van der Waals surface area contributed by atoms with Crippen LogP contribution in [0.5, 0.6) is 0 Å². The molecule has 1 fully saturated rings. The van der Waals surface area contributed by atoms with Gasteiger partial charge in [-0.15, -0.1) is 0 Å². The van der Waals surface area contributed by atoms with Gasteiger partial charge in [0.05, 0.1) is 6.54 Å². The molecule has 2 rings (SSSR count). The molecule has 1 unspecified atom stereocenters. The van der Waals surface area contributed by atoms with Crippen LogP contribution in [0.25, 0.3) is 0 Å². The second-order valence-corrected chi connectivity index (χ2v) is 5.11. The molecule has 96 valence electrons. The summed E-state index contributed by atoms with van der Waals surface area (Å²) < 4.78 is 5.19. The van der Waals surface area contributed by atoms with Gasteiger partial charge in [0, 0.05) is 19.0 Å². The van der Waals surface area contributed by atoms with Crippen LogP contribution < -0.4 is 5.73 Å². The van der Waals surface area contributed by atoms with Gasteiger partial charge < -0.3 is 15.2 Å². The lowest BCUT2D eigenvalue weighted by Gasteiger charge is -2.34. The van der Waals surface area contributed by atoms with Crippen LogP contribution in [0.2, 0.25) is 0 Å². The number of rotatable bonds is 4. The largest absolute Gasteiger partial charge is 0.339 e. The van der Waals surface area contributed by atoms with Crippen molar-refractivity contribution >= 4 is 0 Å². The van der Waals surface area contributed by atoms with Crippen molar-refractivity contribution in [3.8, 4) is 0 Å². The van der Waals surface area contributed by atoms with Gasteiger partial charge in [-0.3, -0.25) is 0 Å². The topological polar surface area (TPSA) is 68.2 Å². The molecule has 1 aliphatic heterocycles. The predicted molar refractivity (Wildman–Crippen MR) is 65.3 cm³/mol. The van der Waals surface area contributed by atoms with Crippen molar-refractivity contribution in [1.82, 2.24) is 15.0 Å². The lowest BCUT2D eigenvalue weighted by molar-refractivity contribution is 0.135. The van der Waals surface area contributed by atoms with Crippen LogP contribution in [-0.4, -0.2) is 34.2 Å². The van der Waals surface area contributed by atoms with E-state index in [1.807, 2.05) is 0 Å². The van der Waals surface area contributed by atoms with E-state index in [2.05, 4.69) is 28.9 Å². The summed E-state index contributed by atoms with van der Waals surface area (Å²) in [5, 5.41) is 3.83. The van der Waals surface area contributed by atoms with Crippen molar-refractivity contribution in [2.45, 2.75) is 45.7 Å². The van der Waals surface area contributed by atoms with Crippen LogP contribution in [0.4, 0.5) is 0 Å². The van der Waals surface area contributed by atoms with E-state index in [9.17, 15) is 0 Å². The normalized spacial score (nSPS) is 22.2. The summed E-state index contributed by atoms with van der Waals surface area (Å²) in [5.41, 5.74) is 5.46. The van der Waals surface area contributed by atoms with Crippen LogP contribution in [0.15, 0.2) is 4.52 Å². The number of likely N-dealkylation sites (tertiary alicyclic amines) is 1. The van der Waals surface area contributed by atoms with Gasteiger partial charge in [-0.25, -0.2) is 0 Å². The molecule has 1 atom stereocenters. The fourth-order valence-electron chi connectivity index (χ4n) is 2.44. The molecule has 0 aliphatic carbocycles. The summed E-state index contributed by atoms with van der Waals surface area (Å²) in [7, 11) is 0. The number of aromatic nitrogens is 2. The number of hydrogen-bond acceptors (Lipinski definition) is 5. The molecule has 0 radical (unpaired) electrons. The third-order valence-electron chi connectivity index (χ3n) is 3.44. The monoisotopic (exact) mass is 238 g/mol. The highest BCUT2D eigenvalue weighted by Gasteiger charge is 2.23. The van der Waals surface area contributed by atoms with Gasteiger partial charge in [0.25, 0.3) is 0 Å². The summed E-state index contributed by atoms with van der Waals surface area (Å²) in [6.07, 6.45) is 3.40. The Morgan fingerprint density at radius 2 is 2.35 bits per heavy atom. The molecule has 1 aliphatic rings. The maximum atomic E-state index is 5.46. The summed E-state index contributed by atoms with van der Waals surface area (Å²) >= 11 is 0. The Morgan fingerprint density at radius 1 is 1.53 bits per heavy atom. The zero-order chi connectivity index (χ0) is 12.3. The van der Waals surface area contributed by atoms with E-state index in [-0.39, 0.29) is 0 Å². The van der Waals surface area contributed by atoms with Crippen LogP contribution >= 0.6 is 0 Å². The Balaban J connectivity index is 1.90. The van der Waals surface area contributed by atoms with Crippen molar-refractivity contribution < 1.29 is 4.52 Å². The third kappa shape index (κ3) is 3.26. The lowest BCUT2D eigenvalue weighted by atomic mass is 9.94. The highest BCUT2D eigenvalue weighted by molar-refractivity contribution is 4.89. The molecule has 17 heavy (non-hydrogen) atoms. The average molecular weight is 238 g/mol. The molecular weight excluding hydrogens is 216 g/mol. The Hall–Kier alpha value is -0.940. The molecule has 5 nitrogen and oxygen atoms in total. The minimum absolute atomic E-state index is 0.353. The Morgan fingerprint density at radius 3 is 3.00 bits per heavy atom. The van der Waals surface area contributed by atoms with Gasteiger partial charge in [-0.1, -0.05) is 5.16 Å². The van der Waals surface area contributed by atoms with Gasteiger partial charge in [-0.2, -0.15) is 4.98 Å². The van der Waals surface area contributed by atoms with E-state index < -0.39 is 0 Å². The van der Waals surface area contributed by atoms with Crippen molar-refractivity contribution in [2.75, 3.05) is 13.1 Å². The molecule has 0 saturated carbocycles. The van der Waals surface area contributed by atoms with E-state index in [0.717, 1.165) is 18.9 Å². The quantitative estimate of drug-likeness (QED) is 0.853. The predicted octanol–water partition coefficient (Wildman–Crippen LogP) is 1.19. The first-order valence-corrected chi connectivity index (χ1v) is 6.44. The standard InChI is InChI=1S/C12H22N4O/c1-9(2)16-5-3-4-10(8-16)6-12-14-11(7-13)15-17-12/h9-10H,3-8,13H2,1-2H3. The van der Waals surface area contributed by atoms with E-state index in [1.54, 1.807) is 0 Å². The van der Waals surface area contributed by atoms with Crippen LogP contribution in [0.1, 0.15) is 38.4 Å². The maximum absolute atomic E-state index is 5.46. The third-order valence-corrected chi connectivity index (χ3v) is 3.44. The van der Waals surface area contributed by atoms with Gasteiger partial charge in [0.2, 0.25) is 5.89 Å². The molecule has 0 aromatic carbocycles. The first kappa shape index (κ1) is 12.5. The lowest BCUT2D eigenvalue weighted by Crippen LogP contribution is -2.40. The zero-order valence-electron chi connectivity index (χ0n) is 10.7. The Kier molecular flexibility index (Phi) is 4.12. The molecule has 2 N–H and O–H groups in total. The summed E-state index contributed by atoms with van der Waals surface area (Å²) in [5.74, 6) is 1.98. The minimum Gasteiger partial charge on any atom is -0.339 e. The van der Waals surface area contributed by atoms with Crippen molar-refractivity contribution in [3.05, 3.63) is 11.7 Å². The Labute approximate surface area is 102 Å². The van der Waals surface area contributed by atoms with E-state index in [0.29, 0.717) is 24.3 Å². The number of hydrogen-bond donors (Lipinski definition) is 1. The maximum Gasteiger partial charge on any atom is 0.227 e. The second-order valence-electron chi connectivity index (χ2n) is 5.11. The molecule has 5 heteroatoms. The van der Waals surface area contributed by atoms with Gasteiger partial charge in [-0.05, 0) is 39.2 Å². The molecule has 1 aromatic heterocycles. The smallest absolute Gasteiger partial charge is 0.227 e. The number of nitrogens with two attached hydrogens (primary N) is 1. The molecule has 2 heterocycles. The van der Waals surface area contributed by atoms with E-state index >= 15 is 0 Å².